The molecule has 21 heavy (non-hydrogen) atoms. The number of rotatable bonds is 3. The number of hydrogen-bond donors (Lipinski definition) is 1. The molecule has 0 spiro atoms. The molecule has 3 nitrogen and oxygen atoms in total. The highest BCUT2D eigenvalue weighted by Gasteiger charge is 2.25. The fraction of sp³-hybridized carbons (Fsp3) is 0.400. The van der Waals surface area contributed by atoms with Gasteiger partial charge in [0.25, 0.3) is 5.91 Å². The van der Waals surface area contributed by atoms with Gasteiger partial charge in [0, 0.05) is 21.2 Å². The standard InChI is InChI=1S/C15H15BrClNO2S/c1-8(11-3-2-6-20-11)18-15(19)14-13(17)10-5-4-9(16)7-12(10)21-14/h4-5,7-8,11H,2-3,6H2,1H3,(H,18,19). The fourth-order valence-corrected chi connectivity index (χ4v) is 4.52. The first-order valence-electron chi connectivity index (χ1n) is 6.86. The van der Waals surface area contributed by atoms with Crippen LogP contribution in [0.15, 0.2) is 22.7 Å². The Hall–Kier alpha value is -0.620. The second-order valence-corrected chi connectivity index (χ2v) is 7.55. The average molecular weight is 389 g/mol. The predicted octanol–water partition coefficient (Wildman–Crippen LogP) is 4.61. The molecule has 1 fully saturated rings. The lowest BCUT2D eigenvalue weighted by Gasteiger charge is -2.19. The Morgan fingerprint density at radius 3 is 3.10 bits per heavy atom. The first-order valence-corrected chi connectivity index (χ1v) is 8.85. The molecule has 2 atom stereocenters. The van der Waals surface area contributed by atoms with Crippen LogP contribution < -0.4 is 5.32 Å². The van der Waals surface area contributed by atoms with Gasteiger partial charge in [0.1, 0.15) is 4.88 Å². The SMILES string of the molecule is CC(NC(=O)c1sc2cc(Br)ccc2c1Cl)C1CCCO1. The van der Waals surface area contributed by atoms with Gasteiger partial charge < -0.3 is 10.1 Å². The Balaban J connectivity index is 1.82. The molecule has 0 saturated carbocycles. The molecule has 1 N–H and O–H groups in total. The smallest absolute Gasteiger partial charge is 0.263 e. The van der Waals surface area contributed by atoms with Gasteiger partial charge in [0.2, 0.25) is 0 Å². The Morgan fingerprint density at radius 2 is 2.38 bits per heavy atom. The third-order valence-corrected chi connectivity index (χ3v) is 5.83. The van der Waals surface area contributed by atoms with Crippen LogP contribution in [0, 0.1) is 0 Å². The molecule has 2 aromatic rings. The highest BCUT2D eigenvalue weighted by atomic mass is 79.9. The van der Waals surface area contributed by atoms with Gasteiger partial charge in [-0.2, -0.15) is 0 Å². The topological polar surface area (TPSA) is 38.3 Å². The van der Waals surface area contributed by atoms with Gasteiger partial charge in [-0.3, -0.25) is 4.79 Å². The summed E-state index contributed by atoms with van der Waals surface area (Å²) in [6, 6.07) is 5.83. The van der Waals surface area contributed by atoms with Gasteiger partial charge in [-0.25, -0.2) is 0 Å². The molecule has 3 rings (SSSR count). The number of nitrogens with one attached hydrogen (secondary N) is 1. The highest BCUT2D eigenvalue weighted by molar-refractivity contribution is 9.10. The van der Waals surface area contributed by atoms with E-state index in [0.717, 1.165) is 34.0 Å². The van der Waals surface area contributed by atoms with Crippen LogP contribution in [0.2, 0.25) is 5.02 Å². The van der Waals surface area contributed by atoms with E-state index in [1.54, 1.807) is 0 Å². The first-order chi connectivity index (χ1) is 10.1. The molecule has 1 aliphatic heterocycles. The normalized spacial score (nSPS) is 19.9. The minimum Gasteiger partial charge on any atom is -0.376 e. The van der Waals surface area contributed by atoms with Crippen molar-refractivity contribution in [3.8, 4) is 0 Å². The lowest BCUT2D eigenvalue weighted by atomic mass is 10.1. The minimum absolute atomic E-state index is 0.00647. The van der Waals surface area contributed by atoms with E-state index < -0.39 is 0 Å². The number of thiophene rings is 1. The first kappa shape index (κ1) is 15.3. The van der Waals surface area contributed by atoms with Crippen molar-refractivity contribution < 1.29 is 9.53 Å². The van der Waals surface area contributed by atoms with Crippen molar-refractivity contribution in [2.45, 2.75) is 31.9 Å². The number of carbonyl (C=O) groups excluding carboxylic acids is 1. The Morgan fingerprint density at radius 1 is 1.57 bits per heavy atom. The second kappa shape index (κ2) is 6.24. The maximum atomic E-state index is 12.4. The van der Waals surface area contributed by atoms with Crippen molar-refractivity contribution >= 4 is 54.9 Å². The van der Waals surface area contributed by atoms with Crippen molar-refractivity contribution in [1.82, 2.24) is 5.32 Å². The van der Waals surface area contributed by atoms with E-state index in [1.807, 2.05) is 25.1 Å². The summed E-state index contributed by atoms with van der Waals surface area (Å²) in [6.07, 6.45) is 2.16. The van der Waals surface area contributed by atoms with Crippen LogP contribution in [0.3, 0.4) is 0 Å². The lowest BCUT2D eigenvalue weighted by molar-refractivity contribution is 0.0715. The molecule has 1 aromatic carbocycles. The summed E-state index contributed by atoms with van der Waals surface area (Å²) < 4.78 is 7.59. The second-order valence-electron chi connectivity index (χ2n) is 5.20. The van der Waals surface area contributed by atoms with Gasteiger partial charge in [-0.15, -0.1) is 11.3 Å². The number of halogens is 2. The third kappa shape index (κ3) is 3.11. The maximum absolute atomic E-state index is 12.4. The van der Waals surface area contributed by atoms with E-state index in [9.17, 15) is 4.79 Å². The molecule has 0 aliphatic carbocycles. The number of ether oxygens (including phenoxy) is 1. The zero-order chi connectivity index (χ0) is 15.0. The van der Waals surface area contributed by atoms with E-state index >= 15 is 0 Å². The van der Waals surface area contributed by atoms with E-state index in [2.05, 4.69) is 21.2 Å². The molecule has 112 valence electrons. The zero-order valence-corrected chi connectivity index (χ0v) is 14.6. The number of fused-ring (bicyclic) bond motifs is 1. The molecule has 1 aromatic heterocycles. The predicted molar refractivity (Wildman–Crippen MR) is 90.4 cm³/mol. The molecule has 6 heteroatoms. The van der Waals surface area contributed by atoms with Crippen LogP contribution in [0.25, 0.3) is 10.1 Å². The van der Waals surface area contributed by atoms with Crippen LogP contribution >= 0.6 is 38.9 Å². The van der Waals surface area contributed by atoms with Gasteiger partial charge >= 0.3 is 0 Å². The Labute approximate surface area is 140 Å². The largest absolute Gasteiger partial charge is 0.376 e. The van der Waals surface area contributed by atoms with Gasteiger partial charge in [-0.1, -0.05) is 33.6 Å². The van der Waals surface area contributed by atoms with Crippen LogP contribution in [-0.2, 0) is 4.74 Å². The molecular weight excluding hydrogens is 374 g/mol. The average Bonchev–Trinajstić information content (AvgIpc) is 3.07. The van der Waals surface area contributed by atoms with E-state index in [0.29, 0.717) is 9.90 Å². The number of benzene rings is 1. The third-order valence-electron chi connectivity index (χ3n) is 3.68. The fourth-order valence-electron chi connectivity index (χ4n) is 2.55. The Kier molecular flexibility index (Phi) is 4.54. The minimum atomic E-state index is -0.125. The summed E-state index contributed by atoms with van der Waals surface area (Å²) in [7, 11) is 0. The van der Waals surface area contributed by atoms with Crippen molar-refractivity contribution in [1.29, 1.82) is 0 Å². The summed E-state index contributed by atoms with van der Waals surface area (Å²) in [5.41, 5.74) is 0. The summed E-state index contributed by atoms with van der Waals surface area (Å²) in [6.45, 7) is 2.76. The van der Waals surface area contributed by atoms with E-state index in [-0.39, 0.29) is 18.1 Å². The van der Waals surface area contributed by atoms with Gasteiger partial charge in [0.05, 0.1) is 17.2 Å². The summed E-state index contributed by atoms with van der Waals surface area (Å²) in [5, 5.41) is 4.45. The van der Waals surface area contributed by atoms with Crippen molar-refractivity contribution in [2.75, 3.05) is 6.61 Å². The maximum Gasteiger partial charge on any atom is 0.263 e. The van der Waals surface area contributed by atoms with E-state index in [1.165, 1.54) is 11.3 Å². The number of hydrogen-bond acceptors (Lipinski definition) is 3. The quantitative estimate of drug-likeness (QED) is 0.833. The molecule has 2 heterocycles. The highest BCUT2D eigenvalue weighted by Crippen LogP contribution is 2.36. The molecular formula is C15H15BrClNO2S. The molecule has 1 amide bonds. The van der Waals surface area contributed by atoms with Gasteiger partial charge in [0.15, 0.2) is 0 Å². The summed E-state index contributed by atoms with van der Waals surface area (Å²) >= 11 is 11.2. The van der Waals surface area contributed by atoms with Crippen LogP contribution in [0.4, 0.5) is 0 Å². The van der Waals surface area contributed by atoms with Crippen LogP contribution in [0.5, 0.6) is 0 Å². The molecule has 1 saturated heterocycles. The summed E-state index contributed by atoms with van der Waals surface area (Å²) in [5.74, 6) is -0.125. The number of carbonyl (C=O) groups is 1. The molecule has 0 bridgehead atoms. The molecule has 1 aliphatic rings. The van der Waals surface area contributed by atoms with Crippen molar-refractivity contribution in [2.24, 2.45) is 0 Å². The van der Waals surface area contributed by atoms with Crippen molar-refractivity contribution in [3.05, 3.63) is 32.6 Å². The lowest BCUT2D eigenvalue weighted by Crippen LogP contribution is -2.40. The van der Waals surface area contributed by atoms with E-state index in [4.69, 9.17) is 16.3 Å². The van der Waals surface area contributed by atoms with Gasteiger partial charge in [-0.05, 0) is 31.9 Å². The molecule has 0 radical (unpaired) electrons. The van der Waals surface area contributed by atoms with Crippen LogP contribution in [0.1, 0.15) is 29.4 Å². The summed E-state index contributed by atoms with van der Waals surface area (Å²) in [4.78, 5) is 13.0. The monoisotopic (exact) mass is 387 g/mol. The van der Waals surface area contributed by atoms with Crippen LogP contribution in [-0.4, -0.2) is 24.7 Å². The Bertz CT molecular complexity index is 682. The molecule has 2 unspecified atom stereocenters. The van der Waals surface area contributed by atoms with Crippen molar-refractivity contribution in [3.63, 3.8) is 0 Å². The number of amides is 1. The zero-order valence-electron chi connectivity index (χ0n) is 11.5.